The molecule has 1 saturated heterocycles. The summed E-state index contributed by atoms with van der Waals surface area (Å²) in [5.74, 6) is 2.64. The Morgan fingerprint density at radius 2 is 1.93 bits per heavy atom. The molecule has 1 spiro atoms. The van der Waals surface area contributed by atoms with E-state index in [1.54, 1.807) is 12.3 Å². The van der Waals surface area contributed by atoms with Crippen LogP contribution >= 0.6 is 0 Å². The van der Waals surface area contributed by atoms with Gasteiger partial charge in [-0.05, 0) is 58.1 Å². The number of pyridine rings is 1. The van der Waals surface area contributed by atoms with Gasteiger partial charge in [0.15, 0.2) is 17.5 Å². The van der Waals surface area contributed by atoms with E-state index in [2.05, 4.69) is 25.6 Å². The summed E-state index contributed by atoms with van der Waals surface area (Å²) in [5.41, 5.74) is 2.58. The molecule has 5 heterocycles. The van der Waals surface area contributed by atoms with E-state index >= 15 is 0 Å². The zero-order valence-electron chi connectivity index (χ0n) is 23.1. The largest absolute Gasteiger partial charge is 0.323 e. The molecule has 2 aliphatic rings. The van der Waals surface area contributed by atoms with Crippen LogP contribution in [0.15, 0.2) is 42.9 Å². The van der Waals surface area contributed by atoms with Crippen LogP contribution < -0.4 is 5.32 Å². The van der Waals surface area contributed by atoms with Crippen molar-refractivity contribution >= 4 is 17.7 Å². The number of aryl methyl sites for hydroxylation is 2. The molecule has 12 heteroatoms. The number of likely N-dealkylation sites (N-methyl/N-ethyl adjacent to an activating group) is 1. The van der Waals surface area contributed by atoms with Gasteiger partial charge in [-0.15, -0.1) is 0 Å². The molecule has 2 N–H and O–H groups in total. The summed E-state index contributed by atoms with van der Waals surface area (Å²) in [7, 11) is 1.92. The fourth-order valence-electron chi connectivity index (χ4n) is 5.93. The molecule has 208 valence electrons. The maximum absolute atomic E-state index is 13.4. The zero-order valence-corrected chi connectivity index (χ0v) is 23.1. The molecule has 4 aromatic rings. The number of rotatable bonds is 6. The van der Waals surface area contributed by atoms with Gasteiger partial charge >= 0.3 is 6.03 Å². The third-order valence-corrected chi connectivity index (χ3v) is 8.33. The van der Waals surface area contributed by atoms with Gasteiger partial charge in [0.05, 0.1) is 24.0 Å². The van der Waals surface area contributed by atoms with Crippen LogP contribution in [0.25, 0.3) is 5.82 Å². The fourth-order valence-corrected chi connectivity index (χ4v) is 5.93. The lowest BCUT2D eigenvalue weighted by molar-refractivity contribution is 0.132. The SMILES string of the molecule is Cc1cc(Nc2cc(C)[nH]n2)nc([C@H]2CC[C@@]3(CC2)CN([C@@H](C)c2ccc(-n4cc(F)cn4)nc2)C(=O)N3C)n1. The number of anilines is 2. The average Bonchev–Trinajstić information content (AvgIpc) is 3.63. The van der Waals surface area contributed by atoms with Crippen LogP contribution in [0.4, 0.5) is 20.8 Å². The Morgan fingerprint density at radius 3 is 2.58 bits per heavy atom. The molecule has 11 nitrogen and oxygen atoms in total. The van der Waals surface area contributed by atoms with E-state index in [0.29, 0.717) is 12.4 Å². The number of H-pyrrole nitrogens is 1. The molecule has 1 aliphatic carbocycles. The van der Waals surface area contributed by atoms with Crippen molar-refractivity contribution in [3.05, 3.63) is 71.4 Å². The summed E-state index contributed by atoms with van der Waals surface area (Å²) >= 11 is 0. The minimum atomic E-state index is -0.417. The van der Waals surface area contributed by atoms with Crippen LogP contribution in [0.1, 0.15) is 67.3 Å². The minimum Gasteiger partial charge on any atom is -0.323 e. The molecule has 4 aromatic heterocycles. The number of carbonyl (C=O) groups excluding carboxylic acids is 1. The summed E-state index contributed by atoms with van der Waals surface area (Å²) in [6.45, 7) is 6.62. The molecule has 2 amide bonds. The molecular formula is C28H33FN10O. The van der Waals surface area contributed by atoms with Gasteiger partial charge in [0.1, 0.15) is 11.6 Å². The Morgan fingerprint density at radius 1 is 1.12 bits per heavy atom. The predicted molar refractivity (Wildman–Crippen MR) is 147 cm³/mol. The highest BCUT2D eigenvalue weighted by Crippen LogP contribution is 2.45. The van der Waals surface area contributed by atoms with E-state index < -0.39 is 5.82 Å². The molecular weight excluding hydrogens is 511 g/mol. The molecule has 2 fully saturated rings. The highest BCUT2D eigenvalue weighted by Gasteiger charge is 2.50. The molecule has 1 aliphatic heterocycles. The number of hydrogen-bond donors (Lipinski definition) is 2. The number of carbonyl (C=O) groups is 1. The van der Waals surface area contributed by atoms with Crippen molar-refractivity contribution in [1.82, 2.24) is 44.7 Å². The second-order valence-electron chi connectivity index (χ2n) is 11.0. The lowest BCUT2D eigenvalue weighted by atomic mass is 9.75. The molecule has 0 unspecified atom stereocenters. The summed E-state index contributed by atoms with van der Waals surface area (Å²) < 4.78 is 14.7. The molecule has 40 heavy (non-hydrogen) atoms. The van der Waals surface area contributed by atoms with Crippen molar-refractivity contribution in [2.75, 3.05) is 18.9 Å². The fraction of sp³-hybridized carbons (Fsp3) is 0.429. The first kappa shape index (κ1) is 25.9. The Balaban J connectivity index is 1.13. The van der Waals surface area contributed by atoms with E-state index in [4.69, 9.17) is 9.97 Å². The van der Waals surface area contributed by atoms with E-state index in [1.807, 2.05) is 55.8 Å². The first-order valence-electron chi connectivity index (χ1n) is 13.6. The topological polar surface area (TPSA) is 121 Å². The Labute approximate surface area is 231 Å². The molecule has 6 rings (SSSR count). The molecule has 1 saturated carbocycles. The highest BCUT2D eigenvalue weighted by atomic mass is 19.1. The van der Waals surface area contributed by atoms with Gasteiger partial charge in [0.25, 0.3) is 0 Å². The zero-order chi connectivity index (χ0) is 28.0. The van der Waals surface area contributed by atoms with Crippen LogP contribution in [-0.4, -0.2) is 69.9 Å². The molecule has 0 bridgehead atoms. The van der Waals surface area contributed by atoms with Crippen LogP contribution in [0.5, 0.6) is 0 Å². The van der Waals surface area contributed by atoms with Gasteiger partial charge in [-0.2, -0.15) is 10.2 Å². The third-order valence-electron chi connectivity index (χ3n) is 8.33. The van der Waals surface area contributed by atoms with Gasteiger partial charge in [0.2, 0.25) is 0 Å². The first-order chi connectivity index (χ1) is 19.2. The van der Waals surface area contributed by atoms with Crippen molar-refractivity contribution in [2.24, 2.45) is 0 Å². The third kappa shape index (κ3) is 4.78. The van der Waals surface area contributed by atoms with Crippen LogP contribution in [0.2, 0.25) is 0 Å². The van der Waals surface area contributed by atoms with Crippen LogP contribution in [0.3, 0.4) is 0 Å². The lowest BCUT2D eigenvalue weighted by Crippen LogP contribution is -2.47. The first-order valence-corrected chi connectivity index (χ1v) is 13.6. The maximum Gasteiger partial charge on any atom is 0.320 e. The van der Waals surface area contributed by atoms with E-state index in [1.165, 1.54) is 10.9 Å². The Kier molecular flexibility index (Phi) is 6.47. The Bertz CT molecular complexity index is 1520. The van der Waals surface area contributed by atoms with Crippen molar-refractivity contribution in [3.8, 4) is 5.82 Å². The van der Waals surface area contributed by atoms with Crippen molar-refractivity contribution in [2.45, 2.75) is 64.0 Å². The number of nitrogens with one attached hydrogen (secondary N) is 2. The standard InChI is InChI=1S/C28H33FN10O/c1-17-11-23(33-24-12-18(2)35-36-24)34-26(32-17)20-7-9-28(10-8-20)16-38(27(40)37(28)4)19(3)21-5-6-25(30-13-21)39-15-22(29)14-31-39/h5-6,11-15,19-20H,7-10,16H2,1-4H3,(H2,32,33,34,35,36)/t19-,20-,28+/m0/s1. The number of halogens is 1. The minimum absolute atomic E-state index is 0.0248. The summed E-state index contributed by atoms with van der Waals surface area (Å²) in [5, 5.41) is 14.4. The number of urea groups is 1. The summed E-state index contributed by atoms with van der Waals surface area (Å²) in [6.07, 6.45) is 7.73. The predicted octanol–water partition coefficient (Wildman–Crippen LogP) is 4.80. The van der Waals surface area contributed by atoms with Crippen LogP contribution in [-0.2, 0) is 0 Å². The molecule has 1 atom stereocenters. The summed E-state index contributed by atoms with van der Waals surface area (Å²) in [6, 6.07) is 7.45. The van der Waals surface area contributed by atoms with E-state index in [0.717, 1.165) is 66.3 Å². The smallest absolute Gasteiger partial charge is 0.320 e. The maximum atomic E-state index is 13.4. The monoisotopic (exact) mass is 544 g/mol. The van der Waals surface area contributed by atoms with E-state index in [9.17, 15) is 9.18 Å². The van der Waals surface area contributed by atoms with Crippen LogP contribution in [0, 0.1) is 19.7 Å². The van der Waals surface area contributed by atoms with Crippen molar-refractivity contribution in [1.29, 1.82) is 0 Å². The van der Waals surface area contributed by atoms with Gasteiger partial charge in [-0.1, -0.05) is 6.07 Å². The second-order valence-corrected chi connectivity index (χ2v) is 11.0. The van der Waals surface area contributed by atoms with Crippen molar-refractivity contribution in [3.63, 3.8) is 0 Å². The van der Waals surface area contributed by atoms with Crippen molar-refractivity contribution < 1.29 is 9.18 Å². The average molecular weight is 545 g/mol. The Hall–Kier alpha value is -4.35. The second kappa shape index (κ2) is 10.00. The summed E-state index contributed by atoms with van der Waals surface area (Å²) in [4.78, 5) is 31.3. The quantitative estimate of drug-likeness (QED) is 0.358. The number of aromatic amines is 1. The van der Waals surface area contributed by atoms with Gasteiger partial charge < -0.3 is 15.1 Å². The highest BCUT2D eigenvalue weighted by molar-refractivity contribution is 5.78. The van der Waals surface area contributed by atoms with E-state index in [-0.39, 0.29) is 23.5 Å². The molecule has 0 aromatic carbocycles. The van der Waals surface area contributed by atoms with Gasteiger partial charge in [0, 0.05) is 49.2 Å². The van der Waals surface area contributed by atoms with Gasteiger partial charge in [-0.3, -0.25) is 5.10 Å². The normalized spacial score (nSPS) is 21.8. The van der Waals surface area contributed by atoms with Gasteiger partial charge in [-0.25, -0.2) is 28.8 Å². The number of aromatic nitrogens is 7. The number of amides is 2. The number of hydrogen-bond acceptors (Lipinski definition) is 7. The lowest BCUT2D eigenvalue weighted by Gasteiger charge is -2.40. The number of nitrogens with zero attached hydrogens (tertiary/aromatic N) is 8. The molecule has 0 radical (unpaired) electrons.